The summed E-state index contributed by atoms with van der Waals surface area (Å²) in [5.74, 6) is 0. The summed E-state index contributed by atoms with van der Waals surface area (Å²) in [6.07, 6.45) is 0. The number of nitriles is 1. The zero-order valence-electron chi connectivity index (χ0n) is 12.0. The molecule has 0 atom stereocenters. The molecule has 0 unspecified atom stereocenters. The van der Waals surface area contributed by atoms with Crippen LogP contribution in [0.2, 0.25) is 0 Å². The van der Waals surface area contributed by atoms with Crippen molar-refractivity contribution in [1.29, 1.82) is 5.26 Å². The van der Waals surface area contributed by atoms with Gasteiger partial charge in [-0.3, -0.25) is 0 Å². The van der Waals surface area contributed by atoms with Crippen molar-refractivity contribution in [2.24, 2.45) is 0 Å². The molecule has 2 rings (SSSR count). The standard InChI is InChI=1S/C15H21N3O/c1-14(2)9-18(10-15(3,4)19-14)13-6-5-12(17)7-11(13)8-16/h5-7H,9-10,17H2,1-4H3. The van der Waals surface area contributed by atoms with Crippen molar-refractivity contribution < 1.29 is 4.74 Å². The second kappa shape index (κ2) is 4.43. The molecule has 0 radical (unpaired) electrons. The highest BCUT2D eigenvalue weighted by Crippen LogP contribution is 2.33. The molecule has 0 aromatic heterocycles. The fourth-order valence-corrected chi connectivity index (χ4v) is 2.88. The van der Waals surface area contributed by atoms with Crippen LogP contribution in [0, 0.1) is 11.3 Å². The smallest absolute Gasteiger partial charge is 0.101 e. The molecule has 0 aliphatic carbocycles. The average molecular weight is 259 g/mol. The van der Waals surface area contributed by atoms with Gasteiger partial charge < -0.3 is 15.4 Å². The summed E-state index contributed by atoms with van der Waals surface area (Å²) < 4.78 is 6.06. The van der Waals surface area contributed by atoms with Crippen molar-refractivity contribution in [3.63, 3.8) is 0 Å². The zero-order valence-corrected chi connectivity index (χ0v) is 12.0. The van der Waals surface area contributed by atoms with E-state index in [0.717, 1.165) is 18.8 Å². The Labute approximate surface area is 114 Å². The number of benzene rings is 1. The summed E-state index contributed by atoms with van der Waals surface area (Å²) in [5, 5.41) is 9.27. The first-order valence-corrected chi connectivity index (χ1v) is 6.47. The van der Waals surface area contributed by atoms with Gasteiger partial charge in [-0.1, -0.05) is 0 Å². The molecule has 0 spiro atoms. The molecule has 2 N–H and O–H groups in total. The molecule has 4 heteroatoms. The molecule has 1 fully saturated rings. The average Bonchev–Trinajstić information content (AvgIpc) is 2.24. The van der Waals surface area contributed by atoms with E-state index >= 15 is 0 Å². The predicted molar refractivity (Wildman–Crippen MR) is 77.0 cm³/mol. The zero-order chi connectivity index (χ0) is 14.3. The van der Waals surface area contributed by atoms with Crippen molar-refractivity contribution in [2.45, 2.75) is 38.9 Å². The maximum Gasteiger partial charge on any atom is 0.101 e. The van der Waals surface area contributed by atoms with Crippen LogP contribution in [-0.2, 0) is 4.74 Å². The number of hydrogen-bond donors (Lipinski definition) is 1. The van der Waals surface area contributed by atoms with E-state index < -0.39 is 0 Å². The van der Waals surface area contributed by atoms with Gasteiger partial charge >= 0.3 is 0 Å². The van der Waals surface area contributed by atoms with Gasteiger partial charge in [-0.05, 0) is 45.9 Å². The van der Waals surface area contributed by atoms with Crippen molar-refractivity contribution in [3.8, 4) is 6.07 Å². The largest absolute Gasteiger partial charge is 0.399 e. The number of rotatable bonds is 1. The molecule has 102 valence electrons. The predicted octanol–water partition coefficient (Wildman–Crippen LogP) is 2.53. The lowest BCUT2D eigenvalue weighted by atomic mass is 9.97. The van der Waals surface area contributed by atoms with Crippen LogP contribution in [-0.4, -0.2) is 24.3 Å². The Kier molecular flexibility index (Phi) is 3.19. The number of anilines is 2. The van der Waals surface area contributed by atoms with Crippen LogP contribution >= 0.6 is 0 Å². The number of nitrogens with zero attached hydrogens (tertiary/aromatic N) is 2. The van der Waals surface area contributed by atoms with Crippen LogP contribution in [0.25, 0.3) is 0 Å². The van der Waals surface area contributed by atoms with Gasteiger partial charge in [0.1, 0.15) is 6.07 Å². The Morgan fingerprint density at radius 1 is 1.21 bits per heavy atom. The highest BCUT2D eigenvalue weighted by atomic mass is 16.5. The summed E-state index contributed by atoms with van der Waals surface area (Å²) in [4.78, 5) is 2.21. The lowest BCUT2D eigenvalue weighted by Gasteiger charge is -2.48. The fourth-order valence-electron chi connectivity index (χ4n) is 2.88. The van der Waals surface area contributed by atoms with Crippen LogP contribution in [0.5, 0.6) is 0 Å². The van der Waals surface area contributed by atoms with Gasteiger partial charge in [0.25, 0.3) is 0 Å². The third-order valence-corrected chi connectivity index (χ3v) is 3.18. The summed E-state index contributed by atoms with van der Waals surface area (Å²) in [7, 11) is 0. The Bertz CT molecular complexity index is 513. The second-order valence-corrected chi connectivity index (χ2v) is 6.37. The molecular formula is C15H21N3O. The molecular weight excluding hydrogens is 238 g/mol. The Balaban J connectivity index is 2.39. The van der Waals surface area contributed by atoms with E-state index in [0.29, 0.717) is 11.3 Å². The third-order valence-electron chi connectivity index (χ3n) is 3.18. The molecule has 1 saturated heterocycles. The highest BCUT2D eigenvalue weighted by molar-refractivity contribution is 5.64. The van der Waals surface area contributed by atoms with E-state index in [-0.39, 0.29) is 11.2 Å². The first-order chi connectivity index (χ1) is 8.72. The van der Waals surface area contributed by atoms with Crippen LogP contribution < -0.4 is 10.6 Å². The fraction of sp³-hybridized carbons (Fsp3) is 0.533. The third kappa shape index (κ3) is 2.99. The molecule has 0 saturated carbocycles. The van der Waals surface area contributed by atoms with Gasteiger partial charge in [-0.2, -0.15) is 5.26 Å². The molecule has 19 heavy (non-hydrogen) atoms. The topological polar surface area (TPSA) is 62.3 Å². The molecule has 1 heterocycles. The second-order valence-electron chi connectivity index (χ2n) is 6.37. The number of ether oxygens (including phenoxy) is 1. The molecule has 4 nitrogen and oxygen atoms in total. The summed E-state index contributed by atoms with van der Waals surface area (Å²) in [5.41, 5.74) is 7.43. The van der Waals surface area contributed by atoms with Crippen LogP contribution in [0.3, 0.4) is 0 Å². The number of nitrogen functional groups attached to an aromatic ring is 1. The lowest BCUT2D eigenvalue weighted by molar-refractivity contribution is -0.133. The lowest BCUT2D eigenvalue weighted by Crippen LogP contribution is -2.57. The van der Waals surface area contributed by atoms with Gasteiger partial charge in [-0.25, -0.2) is 0 Å². The molecule has 1 aromatic carbocycles. The summed E-state index contributed by atoms with van der Waals surface area (Å²) in [6.45, 7) is 9.81. The Hall–Kier alpha value is -1.73. The SMILES string of the molecule is CC1(C)CN(c2ccc(N)cc2C#N)CC(C)(C)O1. The maximum atomic E-state index is 9.27. The number of morpholine rings is 1. The molecule has 0 amide bonds. The van der Waals surface area contributed by atoms with Gasteiger partial charge in [0.05, 0.1) is 22.5 Å². The minimum absolute atomic E-state index is 0.240. The minimum atomic E-state index is -0.240. The molecule has 1 aliphatic heterocycles. The molecule has 1 aliphatic rings. The van der Waals surface area contributed by atoms with E-state index in [1.807, 2.05) is 12.1 Å². The van der Waals surface area contributed by atoms with E-state index in [1.165, 1.54) is 0 Å². The maximum absolute atomic E-state index is 9.27. The minimum Gasteiger partial charge on any atom is -0.399 e. The van der Waals surface area contributed by atoms with E-state index in [4.69, 9.17) is 10.5 Å². The summed E-state index contributed by atoms with van der Waals surface area (Å²) in [6, 6.07) is 7.71. The Morgan fingerprint density at radius 2 is 1.79 bits per heavy atom. The monoisotopic (exact) mass is 259 g/mol. The Morgan fingerprint density at radius 3 is 2.32 bits per heavy atom. The van der Waals surface area contributed by atoms with Crippen LogP contribution in [0.1, 0.15) is 33.3 Å². The van der Waals surface area contributed by atoms with Crippen molar-refractivity contribution in [3.05, 3.63) is 23.8 Å². The van der Waals surface area contributed by atoms with E-state index in [1.54, 1.807) is 6.07 Å². The van der Waals surface area contributed by atoms with Gasteiger partial charge in [-0.15, -0.1) is 0 Å². The number of hydrogen-bond acceptors (Lipinski definition) is 4. The normalized spacial score (nSPS) is 20.9. The quantitative estimate of drug-likeness (QED) is 0.787. The van der Waals surface area contributed by atoms with E-state index in [2.05, 4.69) is 38.7 Å². The molecule has 0 bridgehead atoms. The summed E-state index contributed by atoms with van der Waals surface area (Å²) >= 11 is 0. The van der Waals surface area contributed by atoms with Crippen LogP contribution in [0.15, 0.2) is 18.2 Å². The van der Waals surface area contributed by atoms with Crippen molar-refractivity contribution in [1.82, 2.24) is 0 Å². The van der Waals surface area contributed by atoms with Crippen molar-refractivity contribution >= 4 is 11.4 Å². The van der Waals surface area contributed by atoms with Gasteiger partial charge in [0.2, 0.25) is 0 Å². The van der Waals surface area contributed by atoms with Crippen LogP contribution in [0.4, 0.5) is 11.4 Å². The van der Waals surface area contributed by atoms with E-state index in [9.17, 15) is 5.26 Å². The molecule has 1 aromatic rings. The highest BCUT2D eigenvalue weighted by Gasteiger charge is 2.38. The van der Waals surface area contributed by atoms with Gasteiger partial charge in [0, 0.05) is 18.8 Å². The van der Waals surface area contributed by atoms with Gasteiger partial charge in [0.15, 0.2) is 0 Å². The first kappa shape index (κ1) is 13.7. The number of nitrogens with two attached hydrogens (primary N) is 1. The van der Waals surface area contributed by atoms with Crippen molar-refractivity contribution in [2.75, 3.05) is 23.7 Å². The first-order valence-electron chi connectivity index (χ1n) is 6.47.